The molecule has 36 heavy (non-hydrogen) atoms. The first-order valence-electron chi connectivity index (χ1n) is 11.3. The van der Waals surface area contributed by atoms with E-state index in [1.807, 2.05) is 54.8 Å². The van der Waals surface area contributed by atoms with E-state index in [0.717, 1.165) is 16.0 Å². The minimum atomic E-state index is -0.750. The van der Waals surface area contributed by atoms with Crippen molar-refractivity contribution in [3.05, 3.63) is 122 Å². The van der Waals surface area contributed by atoms with Crippen LogP contribution in [0.2, 0.25) is 5.02 Å². The third-order valence-electron chi connectivity index (χ3n) is 6.05. The number of carbonyl (C=O) groups is 2. The van der Waals surface area contributed by atoms with Gasteiger partial charge in [0.05, 0.1) is 5.57 Å². The van der Waals surface area contributed by atoms with Crippen molar-refractivity contribution in [2.45, 2.75) is 19.6 Å². The lowest BCUT2D eigenvalue weighted by atomic mass is 9.98. The van der Waals surface area contributed by atoms with Gasteiger partial charge in [-0.1, -0.05) is 48.0 Å². The van der Waals surface area contributed by atoms with E-state index in [2.05, 4.69) is 0 Å². The molecule has 0 spiro atoms. The lowest BCUT2D eigenvalue weighted by molar-refractivity contribution is -0.132. The van der Waals surface area contributed by atoms with Crippen LogP contribution in [0.4, 0.5) is 5.69 Å². The summed E-state index contributed by atoms with van der Waals surface area (Å²) in [6, 6.07) is 24.7. The molecule has 0 bridgehead atoms. The van der Waals surface area contributed by atoms with Gasteiger partial charge in [0.2, 0.25) is 0 Å². The molecule has 3 aromatic carbocycles. The number of amides is 1. The predicted octanol–water partition coefficient (Wildman–Crippen LogP) is 6.92. The van der Waals surface area contributed by atoms with E-state index < -0.39 is 17.7 Å². The van der Waals surface area contributed by atoms with E-state index in [4.69, 9.17) is 16.3 Å². The molecule has 7 heteroatoms. The van der Waals surface area contributed by atoms with Crippen LogP contribution in [-0.4, -0.2) is 16.8 Å². The number of hydrogen-bond donors (Lipinski definition) is 1. The molecular weight excluding hydrogens is 494 g/mol. The Labute approximate surface area is 217 Å². The predicted molar refractivity (Wildman–Crippen MR) is 143 cm³/mol. The van der Waals surface area contributed by atoms with Crippen molar-refractivity contribution in [2.75, 3.05) is 4.90 Å². The number of rotatable bonds is 6. The van der Waals surface area contributed by atoms with E-state index >= 15 is 0 Å². The summed E-state index contributed by atoms with van der Waals surface area (Å²) in [6.45, 7) is 2.29. The zero-order valence-electron chi connectivity index (χ0n) is 19.4. The van der Waals surface area contributed by atoms with Gasteiger partial charge in [0.25, 0.3) is 11.7 Å². The highest BCUT2D eigenvalue weighted by Crippen LogP contribution is 2.44. The summed E-state index contributed by atoms with van der Waals surface area (Å²) in [4.78, 5) is 28.6. The minimum absolute atomic E-state index is 0.0507. The van der Waals surface area contributed by atoms with Crippen molar-refractivity contribution in [3.8, 4) is 5.75 Å². The van der Waals surface area contributed by atoms with Crippen molar-refractivity contribution in [3.63, 3.8) is 0 Å². The molecule has 180 valence electrons. The van der Waals surface area contributed by atoms with E-state index in [-0.39, 0.29) is 11.3 Å². The monoisotopic (exact) mass is 515 g/mol. The molecule has 4 aromatic rings. The summed E-state index contributed by atoms with van der Waals surface area (Å²) < 4.78 is 5.95. The molecule has 0 saturated carbocycles. The molecule has 1 aliphatic rings. The van der Waals surface area contributed by atoms with Gasteiger partial charge in [0.1, 0.15) is 24.2 Å². The van der Waals surface area contributed by atoms with Crippen LogP contribution in [-0.2, 0) is 16.2 Å². The summed E-state index contributed by atoms with van der Waals surface area (Å²) in [6.07, 6.45) is 0. The highest BCUT2D eigenvalue weighted by Gasteiger charge is 2.47. The molecule has 1 fully saturated rings. The molecule has 1 atom stereocenters. The van der Waals surface area contributed by atoms with Crippen LogP contribution in [0.25, 0.3) is 5.76 Å². The molecule has 1 aromatic heterocycles. The number of ketones is 1. The summed E-state index contributed by atoms with van der Waals surface area (Å²) >= 11 is 7.45. The maximum atomic E-state index is 13.2. The number of Topliss-reactive ketones (excluding diaryl/α,β-unsaturated/α-hetero) is 1. The molecule has 0 aliphatic carbocycles. The third-order valence-corrected chi connectivity index (χ3v) is 7.22. The van der Waals surface area contributed by atoms with Gasteiger partial charge >= 0.3 is 0 Å². The van der Waals surface area contributed by atoms with Gasteiger partial charge in [0.15, 0.2) is 0 Å². The maximum Gasteiger partial charge on any atom is 0.300 e. The maximum absolute atomic E-state index is 13.2. The minimum Gasteiger partial charge on any atom is -0.507 e. The summed E-state index contributed by atoms with van der Waals surface area (Å²) in [5.74, 6) is -0.979. The molecule has 2 heterocycles. The Bertz CT molecular complexity index is 1450. The van der Waals surface area contributed by atoms with Crippen LogP contribution in [0.1, 0.15) is 27.6 Å². The van der Waals surface area contributed by atoms with Gasteiger partial charge in [0, 0.05) is 21.2 Å². The van der Waals surface area contributed by atoms with Crippen molar-refractivity contribution < 1.29 is 19.4 Å². The topological polar surface area (TPSA) is 66.8 Å². The Balaban J connectivity index is 1.52. The Hall–Kier alpha value is -3.87. The molecule has 1 unspecified atom stereocenters. The fourth-order valence-corrected chi connectivity index (χ4v) is 5.22. The van der Waals surface area contributed by atoms with Crippen LogP contribution >= 0.6 is 22.9 Å². The molecule has 0 radical (unpaired) electrons. The van der Waals surface area contributed by atoms with Crippen molar-refractivity contribution in [2.24, 2.45) is 0 Å². The smallest absolute Gasteiger partial charge is 0.300 e. The van der Waals surface area contributed by atoms with Gasteiger partial charge in [-0.05, 0) is 72.0 Å². The molecular formula is C29H22ClNO4S. The van der Waals surface area contributed by atoms with Crippen LogP contribution < -0.4 is 9.64 Å². The Morgan fingerprint density at radius 1 is 1.00 bits per heavy atom. The highest BCUT2D eigenvalue weighted by atomic mass is 35.5. The number of aliphatic hydroxyl groups excluding tert-OH is 1. The van der Waals surface area contributed by atoms with Gasteiger partial charge < -0.3 is 9.84 Å². The number of aliphatic hydroxyl groups is 1. The lowest BCUT2D eigenvalue weighted by Crippen LogP contribution is -2.29. The van der Waals surface area contributed by atoms with Gasteiger partial charge in [-0.3, -0.25) is 14.5 Å². The van der Waals surface area contributed by atoms with Gasteiger partial charge in [-0.25, -0.2) is 0 Å². The van der Waals surface area contributed by atoms with E-state index in [0.29, 0.717) is 28.6 Å². The second-order valence-electron chi connectivity index (χ2n) is 8.42. The van der Waals surface area contributed by atoms with E-state index in [9.17, 15) is 14.7 Å². The largest absolute Gasteiger partial charge is 0.507 e. The molecule has 1 aliphatic heterocycles. The fraction of sp³-hybridized carbons (Fsp3) is 0.103. The number of aryl methyl sites for hydroxylation is 1. The molecule has 5 rings (SSSR count). The zero-order valence-corrected chi connectivity index (χ0v) is 20.9. The molecule has 1 N–H and O–H groups in total. The number of benzene rings is 3. The first-order chi connectivity index (χ1) is 17.4. The quantitative estimate of drug-likeness (QED) is 0.172. The average Bonchev–Trinajstić information content (AvgIpc) is 3.51. The van der Waals surface area contributed by atoms with Crippen molar-refractivity contribution >= 4 is 46.1 Å². The number of carbonyl (C=O) groups excluding carboxylic acids is 2. The summed E-state index contributed by atoms with van der Waals surface area (Å²) in [5.41, 5.74) is 2.86. The second-order valence-corrected chi connectivity index (χ2v) is 9.83. The third kappa shape index (κ3) is 4.53. The lowest BCUT2D eigenvalue weighted by Gasteiger charge is -2.24. The Morgan fingerprint density at radius 3 is 2.42 bits per heavy atom. The molecule has 5 nitrogen and oxygen atoms in total. The number of hydrogen-bond acceptors (Lipinski definition) is 5. The number of thiophene rings is 1. The van der Waals surface area contributed by atoms with Gasteiger partial charge in [-0.15, -0.1) is 11.3 Å². The fourth-order valence-electron chi connectivity index (χ4n) is 4.27. The Kier molecular flexibility index (Phi) is 6.63. The first-order valence-corrected chi connectivity index (χ1v) is 12.6. The normalized spacial score (nSPS) is 16.9. The van der Waals surface area contributed by atoms with Crippen LogP contribution in [0, 0.1) is 6.92 Å². The zero-order chi connectivity index (χ0) is 25.2. The number of nitrogens with zero attached hydrogens (tertiary/aromatic N) is 1. The number of halogens is 1. The van der Waals surface area contributed by atoms with Crippen molar-refractivity contribution in [1.82, 2.24) is 0 Å². The highest BCUT2D eigenvalue weighted by molar-refractivity contribution is 7.10. The number of ether oxygens (including phenoxy) is 1. The van der Waals surface area contributed by atoms with E-state index in [1.165, 1.54) is 16.2 Å². The van der Waals surface area contributed by atoms with Crippen molar-refractivity contribution in [1.29, 1.82) is 0 Å². The van der Waals surface area contributed by atoms with E-state index in [1.54, 1.807) is 42.5 Å². The first kappa shape index (κ1) is 23.9. The summed E-state index contributed by atoms with van der Waals surface area (Å²) in [7, 11) is 0. The molecule has 1 amide bonds. The average molecular weight is 516 g/mol. The second kappa shape index (κ2) is 10.0. The van der Waals surface area contributed by atoms with Crippen LogP contribution in [0.3, 0.4) is 0 Å². The SMILES string of the molecule is Cc1cc(/C(O)=C2/C(=O)C(=O)N(c3ccc(Cl)cc3)C2c2cccs2)ccc1OCc1ccccc1. The standard InChI is InChI=1S/C29H22ClNO4S/c1-18-16-20(9-14-23(18)35-17-19-6-3-2-4-7-19)27(32)25-26(24-8-5-15-36-24)31(29(34)28(25)33)22-12-10-21(30)11-13-22/h2-16,26,32H,17H2,1H3/b27-25-. The molecule has 1 saturated heterocycles. The van der Waals surface area contributed by atoms with Crippen LogP contribution in [0.15, 0.2) is 95.9 Å². The van der Waals surface area contributed by atoms with Crippen LogP contribution in [0.5, 0.6) is 5.75 Å². The number of anilines is 1. The van der Waals surface area contributed by atoms with Gasteiger partial charge in [-0.2, -0.15) is 0 Å². The Morgan fingerprint density at radius 2 is 1.75 bits per heavy atom. The summed E-state index contributed by atoms with van der Waals surface area (Å²) in [5, 5.41) is 13.7.